The van der Waals surface area contributed by atoms with Gasteiger partial charge in [0, 0.05) is 10.4 Å². The van der Waals surface area contributed by atoms with Crippen molar-refractivity contribution >= 4 is 11.3 Å². The van der Waals surface area contributed by atoms with Crippen LogP contribution >= 0.6 is 11.3 Å². The first-order valence-electron chi connectivity index (χ1n) is 8.51. The first-order valence-corrected chi connectivity index (χ1v) is 9.39. The molecule has 4 nitrogen and oxygen atoms in total. The molecule has 4 rings (SSSR count). The molecule has 5 heteroatoms. The normalized spacial score (nSPS) is 12.2. The van der Waals surface area contributed by atoms with Gasteiger partial charge in [0.25, 0.3) is 0 Å². The van der Waals surface area contributed by atoms with Crippen molar-refractivity contribution in [3.63, 3.8) is 0 Å². The SMILES string of the molecule is Cc1ccc([C@@H](NCc2nc(-c3ccccc3)no2)c2cccs2)cc1. The number of aromatic nitrogens is 2. The number of nitrogens with zero attached hydrogens (tertiary/aromatic N) is 2. The summed E-state index contributed by atoms with van der Waals surface area (Å²) in [4.78, 5) is 5.77. The molecule has 2 aromatic carbocycles. The van der Waals surface area contributed by atoms with E-state index in [-0.39, 0.29) is 6.04 Å². The summed E-state index contributed by atoms with van der Waals surface area (Å²) in [5.74, 6) is 1.20. The zero-order chi connectivity index (χ0) is 17.8. The van der Waals surface area contributed by atoms with E-state index in [1.54, 1.807) is 11.3 Å². The molecule has 2 heterocycles. The monoisotopic (exact) mass is 361 g/mol. The fourth-order valence-electron chi connectivity index (χ4n) is 2.82. The van der Waals surface area contributed by atoms with Crippen LogP contribution in [0, 0.1) is 6.92 Å². The average molecular weight is 361 g/mol. The third kappa shape index (κ3) is 3.74. The molecule has 0 unspecified atom stereocenters. The molecule has 4 aromatic rings. The molecule has 26 heavy (non-hydrogen) atoms. The van der Waals surface area contributed by atoms with E-state index in [1.165, 1.54) is 16.0 Å². The highest BCUT2D eigenvalue weighted by atomic mass is 32.1. The number of hydrogen-bond donors (Lipinski definition) is 1. The number of nitrogens with one attached hydrogen (secondary N) is 1. The van der Waals surface area contributed by atoms with Crippen molar-refractivity contribution in [2.75, 3.05) is 0 Å². The van der Waals surface area contributed by atoms with E-state index in [0.717, 1.165) is 5.56 Å². The standard InChI is InChI=1S/C21H19N3OS/c1-15-9-11-16(12-10-15)20(18-8-5-13-26-18)22-14-19-23-21(24-25-19)17-6-3-2-4-7-17/h2-13,20,22H,14H2,1H3/t20-/m1/s1. The van der Waals surface area contributed by atoms with Crippen LogP contribution in [0.4, 0.5) is 0 Å². The summed E-state index contributed by atoms with van der Waals surface area (Å²) < 4.78 is 5.42. The molecule has 0 saturated carbocycles. The molecular formula is C21H19N3OS. The van der Waals surface area contributed by atoms with Crippen LogP contribution in [0.5, 0.6) is 0 Å². The fourth-order valence-corrected chi connectivity index (χ4v) is 3.64. The molecule has 1 N–H and O–H groups in total. The summed E-state index contributed by atoms with van der Waals surface area (Å²) in [7, 11) is 0. The van der Waals surface area contributed by atoms with Crippen LogP contribution in [0.1, 0.15) is 27.9 Å². The first-order chi connectivity index (χ1) is 12.8. The second kappa shape index (κ2) is 7.64. The maximum atomic E-state index is 5.42. The molecule has 130 valence electrons. The van der Waals surface area contributed by atoms with Gasteiger partial charge in [-0.25, -0.2) is 0 Å². The van der Waals surface area contributed by atoms with Crippen LogP contribution < -0.4 is 5.32 Å². The van der Waals surface area contributed by atoms with Crippen molar-refractivity contribution in [3.05, 3.63) is 94.0 Å². The van der Waals surface area contributed by atoms with Gasteiger partial charge in [-0.3, -0.25) is 5.32 Å². The summed E-state index contributed by atoms with van der Waals surface area (Å²) in [5.41, 5.74) is 3.43. The lowest BCUT2D eigenvalue weighted by Crippen LogP contribution is -2.21. The zero-order valence-electron chi connectivity index (χ0n) is 14.4. The van der Waals surface area contributed by atoms with E-state index in [1.807, 2.05) is 30.3 Å². The molecular weight excluding hydrogens is 342 g/mol. The number of rotatable bonds is 6. The van der Waals surface area contributed by atoms with Crippen molar-refractivity contribution in [1.29, 1.82) is 0 Å². The highest BCUT2D eigenvalue weighted by Gasteiger charge is 2.16. The zero-order valence-corrected chi connectivity index (χ0v) is 15.2. The molecule has 2 aromatic heterocycles. The van der Waals surface area contributed by atoms with Crippen molar-refractivity contribution < 1.29 is 4.52 Å². The Kier molecular flexibility index (Phi) is 4.91. The summed E-state index contributed by atoms with van der Waals surface area (Å²) in [6, 6.07) is 22.8. The van der Waals surface area contributed by atoms with E-state index in [0.29, 0.717) is 18.3 Å². The number of aryl methyl sites for hydroxylation is 1. The third-order valence-electron chi connectivity index (χ3n) is 4.20. The quantitative estimate of drug-likeness (QED) is 0.526. The summed E-state index contributed by atoms with van der Waals surface area (Å²) >= 11 is 1.74. The maximum Gasteiger partial charge on any atom is 0.240 e. The minimum Gasteiger partial charge on any atom is -0.338 e. The Morgan fingerprint density at radius 1 is 1.00 bits per heavy atom. The highest BCUT2D eigenvalue weighted by Crippen LogP contribution is 2.27. The van der Waals surface area contributed by atoms with Crippen LogP contribution in [0.2, 0.25) is 0 Å². The van der Waals surface area contributed by atoms with Crippen LogP contribution in [-0.4, -0.2) is 10.1 Å². The van der Waals surface area contributed by atoms with Gasteiger partial charge < -0.3 is 4.52 Å². The Labute approximate surface area is 156 Å². The summed E-state index contributed by atoms with van der Waals surface area (Å²) in [6.45, 7) is 2.61. The lowest BCUT2D eigenvalue weighted by atomic mass is 10.0. The minimum absolute atomic E-state index is 0.0997. The topological polar surface area (TPSA) is 51.0 Å². The molecule has 0 aliphatic heterocycles. The van der Waals surface area contributed by atoms with Gasteiger partial charge >= 0.3 is 0 Å². The molecule has 0 saturated heterocycles. The predicted octanol–water partition coefficient (Wildman–Crippen LogP) is 4.99. The number of hydrogen-bond acceptors (Lipinski definition) is 5. The molecule has 0 radical (unpaired) electrons. The van der Waals surface area contributed by atoms with Gasteiger partial charge in [0.2, 0.25) is 11.7 Å². The predicted molar refractivity (Wildman–Crippen MR) is 104 cm³/mol. The summed E-state index contributed by atoms with van der Waals surface area (Å²) in [5, 5.41) is 9.74. The van der Waals surface area contributed by atoms with Crippen LogP contribution in [0.25, 0.3) is 11.4 Å². The Hall–Kier alpha value is -2.76. The molecule has 0 fully saturated rings. The lowest BCUT2D eigenvalue weighted by Gasteiger charge is -2.17. The molecule has 0 bridgehead atoms. The molecule has 0 spiro atoms. The van der Waals surface area contributed by atoms with Crippen molar-refractivity contribution in [2.45, 2.75) is 19.5 Å². The van der Waals surface area contributed by atoms with E-state index in [2.05, 4.69) is 64.2 Å². The number of thiophene rings is 1. The van der Waals surface area contributed by atoms with Crippen LogP contribution in [-0.2, 0) is 6.54 Å². The second-order valence-electron chi connectivity index (χ2n) is 6.12. The van der Waals surface area contributed by atoms with Gasteiger partial charge in [-0.05, 0) is 23.9 Å². The van der Waals surface area contributed by atoms with Gasteiger partial charge in [0.05, 0.1) is 12.6 Å². The van der Waals surface area contributed by atoms with Crippen molar-refractivity contribution in [3.8, 4) is 11.4 Å². The Bertz CT molecular complexity index is 947. The second-order valence-corrected chi connectivity index (χ2v) is 7.10. The molecule has 0 aliphatic carbocycles. The van der Waals surface area contributed by atoms with Crippen molar-refractivity contribution in [1.82, 2.24) is 15.5 Å². The molecule has 0 aliphatic rings. The lowest BCUT2D eigenvalue weighted by molar-refractivity contribution is 0.363. The Morgan fingerprint density at radius 2 is 1.81 bits per heavy atom. The highest BCUT2D eigenvalue weighted by molar-refractivity contribution is 7.10. The minimum atomic E-state index is 0.0997. The summed E-state index contributed by atoms with van der Waals surface area (Å²) in [6.07, 6.45) is 0. The van der Waals surface area contributed by atoms with Crippen LogP contribution in [0.15, 0.2) is 76.6 Å². The fraction of sp³-hybridized carbons (Fsp3) is 0.143. The first kappa shape index (κ1) is 16.7. The van der Waals surface area contributed by atoms with Crippen LogP contribution in [0.3, 0.4) is 0 Å². The maximum absolute atomic E-state index is 5.42. The van der Waals surface area contributed by atoms with Gasteiger partial charge in [-0.1, -0.05) is 71.4 Å². The van der Waals surface area contributed by atoms with Crippen molar-refractivity contribution in [2.24, 2.45) is 0 Å². The molecule has 0 amide bonds. The van der Waals surface area contributed by atoms with E-state index in [9.17, 15) is 0 Å². The average Bonchev–Trinajstić information content (AvgIpc) is 3.36. The van der Waals surface area contributed by atoms with Gasteiger partial charge in [0.1, 0.15) is 0 Å². The van der Waals surface area contributed by atoms with E-state index < -0.39 is 0 Å². The third-order valence-corrected chi connectivity index (χ3v) is 5.13. The molecule has 1 atom stereocenters. The van der Waals surface area contributed by atoms with E-state index in [4.69, 9.17) is 4.52 Å². The van der Waals surface area contributed by atoms with E-state index >= 15 is 0 Å². The Balaban J connectivity index is 1.52. The largest absolute Gasteiger partial charge is 0.338 e. The Morgan fingerprint density at radius 3 is 2.54 bits per heavy atom. The van der Waals surface area contributed by atoms with Gasteiger partial charge in [0.15, 0.2) is 0 Å². The van der Waals surface area contributed by atoms with Gasteiger partial charge in [-0.2, -0.15) is 4.98 Å². The smallest absolute Gasteiger partial charge is 0.240 e. The van der Waals surface area contributed by atoms with Gasteiger partial charge in [-0.15, -0.1) is 11.3 Å². The number of benzene rings is 2.